The zero-order chi connectivity index (χ0) is 13.0. The maximum atomic E-state index is 12.2. The number of thiazole rings is 1. The molecule has 0 spiro atoms. The molecule has 1 aliphatic heterocycles. The first-order chi connectivity index (χ1) is 8.74. The molecule has 1 saturated heterocycles. The van der Waals surface area contributed by atoms with Crippen LogP contribution in [-0.2, 0) is 21.8 Å². The number of halogens is 1. The van der Waals surface area contributed by atoms with Crippen molar-refractivity contribution in [1.29, 1.82) is 0 Å². The van der Waals surface area contributed by atoms with Gasteiger partial charge in [-0.1, -0.05) is 6.92 Å². The molecule has 4 nitrogen and oxygen atoms in total. The van der Waals surface area contributed by atoms with Gasteiger partial charge in [0.15, 0.2) is 0 Å². The van der Waals surface area contributed by atoms with Gasteiger partial charge in [-0.15, -0.1) is 22.9 Å². The summed E-state index contributed by atoms with van der Waals surface area (Å²) < 4.78 is 5.40. The van der Waals surface area contributed by atoms with Crippen LogP contribution in [0, 0.1) is 0 Å². The number of morpholine rings is 1. The third-order valence-electron chi connectivity index (χ3n) is 3.06. The van der Waals surface area contributed by atoms with Gasteiger partial charge in [0, 0.05) is 11.9 Å². The highest BCUT2D eigenvalue weighted by Gasteiger charge is 2.26. The van der Waals surface area contributed by atoms with Gasteiger partial charge in [0.25, 0.3) is 0 Å². The number of hydrogen-bond acceptors (Lipinski definition) is 4. The van der Waals surface area contributed by atoms with Gasteiger partial charge in [0.2, 0.25) is 5.91 Å². The molecule has 2 rings (SSSR count). The normalized spacial score (nSPS) is 20.1. The molecule has 1 atom stereocenters. The minimum Gasteiger partial charge on any atom is -0.377 e. The van der Waals surface area contributed by atoms with Crippen molar-refractivity contribution in [3.63, 3.8) is 0 Å². The summed E-state index contributed by atoms with van der Waals surface area (Å²) in [5.41, 5.74) is 0.846. The molecule has 0 bridgehead atoms. The molecule has 0 N–H and O–H groups in total. The van der Waals surface area contributed by atoms with Crippen molar-refractivity contribution in [2.75, 3.05) is 19.8 Å². The van der Waals surface area contributed by atoms with E-state index < -0.39 is 0 Å². The number of alkyl halides is 1. The van der Waals surface area contributed by atoms with Gasteiger partial charge in [-0.05, 0) is 6.42 Å². The largest absolute Gasteiger partial charge is 0.377 e. The molecule has 1 fully saturated rings. The number of nitrogens with zero attached hydrogens (tertiary/aromatic N) is 2. The smallest absolute Gasteiger partial charge is 0.229 e. The Balaban J connectivity index is 1.97. The SMILES string of the molecule is CCC1COCCN1C(=O)Cc1nc(CCl)cs1. The summed E-state index contributed by atoms with van der Waals surface area (Å²) >= 11 is 7.20. The lowest BCUT2D eigenvalue weighted by Crippen LogP contribution is -2.48. The van der Waals surface area contributed by atoms with Crippen LogP contribution < -0.4 is 0 Å². The van der Waals surface area contributed by atoms with Crippen LogP contribution in [0.15, 0.2) is 5.38 Å². The van der Waals surface area contributed by atoms with Crippen molar-refractivity contribution in [3.05, 3.63) is 16.1 Å². The summed E-state index contributed by atoms with van der Waals surface area (Å²) in [6, 6.07) is 0.207. The predicted molar refractivity (Wildman–Crippen MR) is 72.0 cm³/mol. The van der Waals surface area contributed by atoms with Crippen LogP contribution in [-0.4, -0.2) is 41.6 Å². The van der Waals surface area contributed by atoms with Gasteiger partial charge < -0.3 is 9.64 Å². The van der Waals surface area contributed by atoms with Crippen molar-refractivity contribution in [2.45, 2.75) is 31.7 Å². The van der Waals surface area contributed by atoms with Crippen LogP contribution in [0.4, 0.5) is 0 Å². The number of amides is 1. The number of carbonyl (C=O) groups is 1. The van der Waals surface area contributed by atoms with Crippen LogP contribution in [0.25, 0.3) is 0 Å². The van der Waals surface area contributed by atoms with Gasteiger partial charge in [0.1, 0.15) is 5.01 Å². The summed E-state index contributed by atoms with van der Waals surface area (Å²) in [5.74, 6) is 0.542. The van der Waals surface area contributed by atoms with Gasteiger partial charge in [-0.25, -0.2) is 4.98 Å². The quantitative estimate of drug-likeness (QED) is 0.797. The van der Waals surface area contributed by atoms with Crippen molar-refractivity contribution < 1.29 is 9.53 Å². The molecular formula is C12H17ClN2O2S. The molecule has 0 aliphatic carbocycles. The van der Waals surface area contributed by atoms with E-state index in [1.807, 2.05) is 10.3 Å². The summed E-state index contributed by atoms with van der Waals surface area (Å²) in [6.45, 7) is 4.04. The highest BCUT2D eigenvalue weighted by atomic mass is 35.5. The standard InChI is InChI=1S/C12H17ClN2O2S/c1-2-10-7-17-4-3-15(10)12(16)5-11-14-9(6-13)8-18-11/h8,10H,2-7H2,1H3. The number of ether oxygens (including phenoxy) is 1. The van der Waals surface area contributed by atoms with E-state index in [9.17, 15) is 4.79 Å². The van der Waals surface area contributed by atoms with Crippen molar-refractivity contribution in [2.24, 2.45) is 0 Å². The second-order valence-corrected chi connectivity index (χ2v) is 5.48. The van der Waals surface area contributed by atoms with E-state index in [4.69, 9.17) is 16.3 Å². The van der Waals surface area contributed by atoms with Gasteiger partial charge in [-0.2, -0.15) is 0 Å². The molecule has 2 heterocycles. The fraction of sp³-hybridized carbons (Fsp3) is 0.667. The average Bonchev–Trinajstić information content (AvgIpc) is 2.86. The Morgan fingerprint density at radius 3 is 3.22 bits per heavy atom. The van der Waals surface area contributed by atoms with Crippen LogP contribution in [0.1, 0.15) is 24.0 Å². The molecule has 0 saturated carbocycles. The lowest BCUT2D eigenvalue weighted by Gasteiger charge is -2.35. The highest BCUT2D eigenvalue weighted by Crippen LogP contribution is 2.16. The molecular weight excluding hydrogens is 272 g/mol. The van der Waals surface area contributed by atoms with E-state index in [0.717, 1.165) is 17.1 Å². The molecule has 1 aromatic heterocycles. The van der Waals surface area contributed by atoms with E-state index >= 15 is 0 Å². The lowest BCUT2D eigenvalue weighted by atomic mass is 10.1. The molecule has 100 valence electrons. The zero-order valence-corrected chi connectivity index (χ0v) is 12.0. The number of carbonyl (C=O) groups excluding carboxylic acids is 1. The Bertz CT molecular complexity index is 411. The van der Waals surface area contributed by atoms with Gasteiger partial charge in [-0.3, -0.25) is 4.79 Å². The fourth-order valence-electron chi connectivity index (χ4n) is 2.04. The summed E-state index contributed by atoms with van der Waals surface area (Å²) in [4.78, 5) is 18.5. The molecule has 1 aromatic rings. The first-order valence-corrected chi connectivity index (χ1v) is 7.52. The molecule has 6 heteroatoms. The Morgan fingerprint density at radius 2 is 2.56 bits per heavy atom. The highest BCUT2D eigenvalue weighted by molar-refractivity contribution is 7.09. The third kappa shape index (κ3) is 3.22. The van der Waals surface area contributed by atoms with E-state index in [0.29, 0.717) is 32.1 Å². The maximum Gasteiger partial charge on any atom is 0.229 e. The Labute approximate surface area is 116 Å². The van der Waals surface area contributed by atoms with Crippen LogP contribution >= 0.6 is 22.9 Å². The summed E-state index contributed by atoms with van der Waals surface area (Å²) in [7, 11) is 0. The molecule has 1 amide bonds. The fourth-order valence-corrected chi connectivity index (χ4v) is 3.06. The maximum absolute atomic E-state index is 12.2. The predicted octanol–water partition coefficient (Wildman–Crippen LogP) is 2.06. The van der Waals surface area contributed by atoms with E-state index in [1.165, 1.54) is 11.3 Å². The molecule has 1 unspecified atom stereocenters. The minimum atomic E-state index is 0.139. The van der Waals surface area contributed by atoms with E-state index in [2.05, 4.69) is 11.9 Å². The average molecular weight is 289 g/mol. The van der Waals surface area contributed by atoms with E-state index in [1.54, 1.807) is 0 Å². The number of aromatic nitrogens is 1. The van der Waals surface area contributed by atoms with Crippen LogP contribution in [0.3, 0.4) is 0 Å². The summed E-state index contributed by atoms with van der Waals surface area (Å²) in [5, 5.41) is 2.75. The lowest BCUT2D eigenvalue weighted by molar-refractivity contribution is -0.139. The zero-order valence-electron chi connectivity index (χ0n) is 10.4. The van der Waals surface area contributed by atoms with Crippen molar-refractivity contribution in [1.82, 2.24) is 9.88 Å². The van der Waals surface area contributed by atoms with Crippen molar-refractivity contribution >= 4 is 28.8 Å². The van der Waals surface area contributed by atoms with Gasteiger partial charge in [0.05, 0.1) is 37.3 Å². The minimum absolute atomic E-state index is 0.139. The first kappa shape index (κ1) is 13.8. The molecule has 18 heavy (non-hydrogen) atoms. The number of rotatable bonds is 4. The molecule has 0 aromatic carbocycles. The Hall–Kier alpha value is -0.650. The summed E-state index contributed by atoms with van der Waals surface area (Å²) in [6.07, 6.45) is 1.30. The molecule has 0 radical (unpaired) electrons. The topological polar surface area (TPSA) is 42.4 Å². The second kappa shape index (κ2) is 6.50. The first-order valence-electron chi connectivity index (χ1n) is 6.11. The van der Waals surface area contributed by atoms with Crippen LogP contribution in [0.5, 0.6) is 0 Å². The van der Waals surface area contributed by atoms with Gasteiger partial charge >= 0.3 is 0 Å². The Kier molecular flexibility index (Phi) is 4.97. The van der Waals surface area contributed by atoms with Crippen molar-refractivity contribution in [3.8, 4) is 0 Å². The number of hydrogen-bond donors (Lipinski definition) is 0. The molecule has 1 aliphatic rings. The second-order valence-electron chi connectivity index (χ2n) is 4.27. The third-order valence-corrected chi connectivity index (χ3v) is 4.23. The Morgan fingerprint density at radius 1 is 1.72 bits per heavy atom. The monoisotopic (exact) mass is 288 g/mol. The van der Waals surface area contributed by atoms with Crippen LogP contribution in [0.2, 0.25) is 0 Å². The van der Waals surface area contributed by atoms with E-state index in [-0.39, 0.29) is 11.9 Å².